The van der Waals surface area contributed by atoms with E-state index in [1.807, 2.05) is 19.1 Å². The molecule has 1 aromatic rings. The molecule has 2 heteroatoms. The second-order valence-electron chi connectivity index (χ2n) is 3.67. The van der Waals surface area contributed by atoms with Crippen LogP contribution in [-0.2, 0) is 0 Å². The van der Waals surface area contributed by atoms with Crippen molar-refractivity contribution in [3.05, 3.63) is 47.5 Å². The van der Waals surface area contributed by atoms with E-state index in [0.29, 0.717) is 11.4 Å². The molecule has 0 aliphatic heterocycles. The average molecular weight is 235 g/mol. The van der Waals surface area contributed by atoms with Crippen molar-refractivity contribution in [1.82, 2.24) is 0 Å². The van der Waals surface area contributed by atoms with Crippen LogP contribution in [0.15, 0.2) is 36.9 Å². The molecule has 0 aromatic heterocycles. The molecule has 2 atom stereocenters. The average Bonchev–Trinajstić information content (AvgIpc) is 2.30. The molecule has 0 aliphatic rings. The quantitative estimate of drug-likeness (QED) is 0.629. The topological polar surface area (TPSA) is 20.2 Å². The van der Waals surface area contributed by atoms with Gasteiger partial charge in [0.05, 0.1) is 6.10 Å². The first-order valence-electron chi connectivity index (χ1n) is 5.18. The van der Waals surface area contributed by atoms with Gasteiger partial charge in [0.25, 0.3) is 0 Å². The van der Waals surface area contributed by atoms with Gasteiger partial charge >= 0.3 is 0 Å². The smallest absolute Gasteiger partial charge is 0.0709 e. The number of benzene rings is 1. The molecule has 0 unspecified atom stereocenters. The number of aliphatic hydroxyl groups is 1. The minimum atomic E-state index is -0.447. The van der Waals surface area contributed by atoms with Gasteiger partial charge in [0, 0.05) is 22.9 Å². The largest absolute Gasteiger partial charge is 0.392 e. The Bertz CT molecular complexity index is 397. The van der Waals surface area contributed by atoms with Crippen molar-refractivity contribution in [3.63, 3.8) is 0 Å². The number of rotatable bonds is 3. The van der Waals surface area contributed by atoms with Gasteiger partial charge in [-0.15, -0.1) is 6.58 Å². The molecule has 0 aliphatic carbocycles. The van der Waals surface area contributed by atoms with Gasteiger partial charge in [-0.3, -0.25) is 0 Å². The van der Waals surface area contributed by atoms with E-state index in [9.17, 15) is 5.11 Å². The summed E-state index contributed by atoms with van der Waals surface area (Å²) in [6, 6.07) is 7.32. The molecule has 1 N–H and O–H groups in total. The van der Waals surface area contributed by atoms with Crippen LogP contribution in [-0.4, -0.2) is 11.2 Å². The third-order valence-electron chi connectivity index (χ3n) is 2.37. The zero-order chi connectivity index (χ0) is 12.0. The third kappa shape index (κ3) is 4.10. The summed E-state index contributed by atoms with van der Waals surface area (Å²) in [5.41, 5.74) is 0.905. The van der Waals surface area contributed by atoms with Crippen molar-refractivity contribution in [2.24, 2.45) is 5.92 Å². The van der Waals surface area contributed by atoms with Crippen LogP contribution in [0.5, 0.6) is 0 Å². The number of hydrogen-bond donors (Lipinski definition) is 1. The fourth-order valence-electron chi connectivity index (χ4n) is 1.13. The first-order valence-corrected chi connectivity index (χ1v) is 5.56. The Balaban J connectivity index is 2.55. The molecule has 1 rings (SSSR count). The van der Waals surface area contributed by atoms with Gasteiger partial charge in [-0.2, -0.15) is 0 Å². The number of hydrogen-bond acceptors (Lipinski definition) is 1. The molecule has 0 spiro atoms. The molecule has 0 fully saturated rings. The van der Waals surface area contributed by atoms with Crippen LogP contribution in [0.4, 0.5) is 0 Å². The summed E-state index contributed by atoms with van der Waals surface area (Å²) < 4.78 is 0. The van der Waals surface area contributed by atoms with Crippen molar-refractivity contribution in [2.75, 3.05) is 0 Å². The summed E-state index contributed by atoms with van der Waals surface area (Å²) >= 11 is 5.76. The predicted molar refractivity (Wildman–Crippen MR) is 68.3 cm³/mol. The van der Waals surface area contributed by atoms with E-state index < -0.39 is 6.10 Å². The second-order valence-corrected chi connectivity index (χ2v) is 4.11. The lowest BCUT2D eigenvalue weighted by atomic mass is 10.0. The lowest BCUT2D eigenvalue weighted by molar-refractivity contribution is 0.143. The summed E-state index contributed by atoms with van der Waals surface area (Å²) in [6.45, 7) is 5.55. The molecule has 0 heterocycles. The Morgan fingerprint density at radius 1 is 1.44 bits per heavy atom. The van der Waals surface area contributed by atoms with E-state index in [2.05, 4.69) is 18.4 Å². The summed E-state index contributed by atoms with van der Waals surface area (Å²) in [6.07, 6.45) is 1.74. The van der Waals surface area contributed by atoms with Crippen molar-refractivity contribution in [1.29, 1.82) is 0 Å². The minimum Gasteiger partial charge on any atom is -0.392 e. The van der Waals surface area contributed by atoms with Gasteiger partial charge in [-0.1, -0.05) is 36.4 Å². The highest BCUT2D eigenvalue weighted by molar-refractivity contribution is 6.30. The van der Waals surface area contributed by atoms with E-state index in [1.165, 1.54) is 0 Å². The highest BCUT2D eigenvalue weighted by Crippen LogP contribution is 2.09. The maximum atomic E-state index is 9.64. The fraction of sp³-hybridized carbons (Fsp3) is 0.286. The first kappa shape index (κ1) is 12.8. The summed E-state index contributed by atoms with van der Waals surface area (Å²) in [5.74, 6) is 5.99. The van der Waals surface area contributed by atoms with Crippen molar-refractivity contribution in [2.45, 2.75) is 19.4 Å². The molecule has 16 heavy (non-hydrogen) atoms. The van der Waals surface area contributed by atoms with Gasteiger partial charge in [0.1, 0.15) is 0 Å². The Morgan fingerprint density at radius 3 is 2.62 bits per heavy atom. The molecule has 84 valence electrons. The van der Waals surface area contributed by atoms with Gasteiger partial charge in [-0.25, -0.2) is 0 Å². The van der Waals surface area contributed by atoms with Crippen LogP contribution in [0.25, 0.3) is 0 Å². The summed E-state index contributed by atoms with van der Waals surface area (Å²) in [5, 5.41) is 10.3. The second kappa shape index (κ2) is 6.37. The number of aliphatic hydroxyl groups excluding tert-OH is 1. The molecular weight excluding hydrogens is 220 g/mol. The van der Waals surface area contributed by atoms with E-state index >= 15 is 0 Å². The van der Waals surface area contributed by atoms with Crippen molar-refractivity contribution < 1.29 is 5.11 Å². The Morgan fingerprint density at radius 2 is 2.06 bits per heavy atom. The number of halogens is 1. The molecule has 0 amide bonds. The predicted octanol–water partition coefficient (Wildman–Crippen LogP) is 3.26. The normalized spacial score (nSPS) is 13.4. The van der Waals surface area contributed by atoms with Gasteiger partial charge < -0.3 is 5.11 Å². The standard InChI is InChI=1S/C14H15ClO/c1-3-11(2)14(16)6-4-5-12-7-9-13(15)10-8-12/h3,7-11,14,16H,1,6H2,2H3/t11-,14-/m0/s1. The summed E-state index contributed by atoms with van der Waals surface area (Å²) in [7, 11) is 0. The highest BCUT2D eigenvalue weighted by atomic mass is 35.5. The van der Waals surface area contributed by atoms with Crippen LogP contribution in [0.1, 0.15) is 18.9 Å². The Labute approximate surface area is 102 Å². The Kier molecular flexibility index (Phi) is 5.11. The van der Waals surface area contributed by atoms with Gasteiger partial charge in [0.15, 0.2) is 0 Å². The van der Waals surface area contributed by atoms with E-state index in [0.717, 1.165) is 5.56 Å². The van der Waals surface area contributed by atoms with Crippen LogP contribution in [0, 0.1) is 17.8 Å². The van der Waals surface area contributed by atoms with Crippen molar-refractivity contribution >= 4 is 11.6 Å². The monoisotopic (exact) mass is 234 g/mol. The van der Waals surface area contributed by atoms with E-state index in [4.69, 9.17) is 11.6 Å². The summed E-state index contributed by atoms with van der Waals surface area (Å²) in [4.78, 5) is 0. The van der Waals surface area contributed by atoms with E-state index in [-0.39, 0.29) is 5.92 Å². The van der Waals surface area contributed by atoms with Crippen molar-refractivity contribution in [3.8, 4) is 11.8 Å². The zero-order valence-corrected chi connectivity index (χ0v) is 10.0. The maximum Gasteiger partial charge on any atom is 0.0709 e. The highest BCUT2D eigenvalue weighted by Gasteiger charge is 2.07. The molecule has 0 saturated carbocycles. The van der Waals surface area contributed by atoms with Crippen LogP contribution < -0.4 is 0 Å². The lowest BCUT2D eigenvalue weighted by Crippen LogP contribution is -2.14. The molecular formula is C14H15ClO. The first-order chi connectivity index (χ1) is 7.63. The molecule has 0 bridgehead atoms. The van der Waals surface area contributed by atoms with E-state index in [1.54, 1.807) is 18.2 Å². The molecule has 1 aromatic carbocycles. The lowest BCUT2D eigenvalue weighted by Gasteiger charge is -2.10. The third-order valence-corrected chi connectivity index (χ3v) is 2.62. The molecule has 1 nitrogen and oxygen atoms in total. The SMILES string of the molecule is C=C[C@H](C)[C@@H](O)CC#Cc1ccc(Cl)cc1. The molecule has 0 radical (unpaired) electrons. The maximum absolute atomic E-state index is 9.64. The van der Waals surface area contributed by atoms with Crippen LogP contribution >= 0.6 is 11.6 Å². The van der Waals surface area contributed by atoms with Crippen LogP contribution in [0.2, 0.25) is 5.02 Å². The fourth-order valence-corrected chi connectivity index (χ4v) is 1.26. The molecule has 0 saturated heterocycles. The van der Waals surface area contributed by atoms with Gasteiger partial charge in [0.2, 0.25) is 0 Å². The van der Waals surface area contributed by atoms with Crippen LogP contribution in [0.3, 0.4) is 0 Å². The zero-order valence-electron chi connectivity index (χ0n) is 9.28. The van der Waals surface area contributed by atoms with Gasteiger partial charge in [-0.05, 0) is 24.3 Å². The minimum absolute atomic E-state index is 0.0690. The Hall–Kier alpha value is -1.23.